The SMILES string of the molecule is COc1cc([C@@H](C)NCc2ccnn2C)ccc1SC(F)F. The minimum Gasteiger partial charge on any atom is -0.496 e. The van der Waals surface area contributed by atoms with Crippen LogP contribution in [0.1, 0.15) is 24.2 Å². The Kier molecular flexibility index (Phi) is 5.79. The van der Waals surface area contributed by atoms with Crippen molar-refractivity contribution in [2.75, 3.05) is 7.11 Å². The van der Waals surface area contributed by atoms with E-state index >= 15 is 0 Å². The minimum atomic E-state index is -2.46. The average molecular weight is 327 g/mol. The van der Waals surface area contributed by atoms with E-state index in [4.69, 9.17) is 4.74 Å². The summed E-state index contributed by atoms with van der Waals surface area (Å²) in [6.45, 7) is 2.69. The molecule has 0 fully saturated rings. The van der Waals surface area contributed by atoms with Gasteiger partial charge in [0.2, 0.25) is 0 Å². The molecule has 1 aromatic heterocycles. The molecule has 0 spiro atoms. The number of thioether (sulfide) groups is 1. The third-order valence-electron chi connectivity index (χ3n) is 3.42. The summed E-state index contributed by atoms with van der Waals surface area (Å²) in [4.78, 5) is 0.445. The second-order valence-electron chi connectivity index (χ2n) is 4.84. The smallest absolute Gasteiger partial charge is 0.289 e. The normalized spacial score (nSPS) is 12.6. The highest BCUT2D eigenvalue weighted by molar-refractivity contribution is 7.99. The van der Waals surface area contributed by atoms with Gasteiger partial charge in [-0.15, -0.1) is 0 Å². The lowest BCUT2D eigenvalue weighted by Gasteiger charge is -2.17. The van der Waals surface area contributed by atoms with Crippen LogP contribution in [0.4, 0.5) is 8.78 Å². The first-order valence-corrected chi connectivity index (χ1v) is 7.72. The summed E-state index contributed by atoms with van der Waals surface area (Å²) < 4.78 is 32.0. The third-order valence-corrected chi connectivity index (χ3v) is 4.18. The molecule has 0 aliphatic rings. The standard InChI is InChI=1S/C15H19F2N3OS/c1-10(18-9-12-6-7-19-20(12)2)11-4-5-14(22-15(16)17)13(8-11)21-3/h4-8,10,15,18H,9H2,1-3H3/t10-/m1/s1. The van der Waals surface area contributed by atoms with Crippen LogP contribution in [0, 0.1) is 0 Å². The summed E-state index contributed by atoms with van der Waals surface area (Å²) in [6, 6.07) is 7.32. The molecule has 0 saturated carbocycles. The van der Waals surface area contributed by atoms with Crippen molar-refractivity contribution in [2.24, 2.45) is 7.05 Å². The van der Waals surface area contributed by atoms with Crippen LogP contribution in [0.15, 0.2) is 35.4 Å². The fourth-order valence-corrected chi connectivity index (χ4v) is 2.69. The molecule has 1 aromatic carbocycles. The van der Waals surface area contributed by atoms with Crippen molar-refractivity contribution in [2.45, 2.75) is 30.2 Å². The van der Waals surface area contributed by atoms with Gasteiger partial charge in [0.25, 0.3) is 5.76 Å². The molecule has 1 N–H and O–H groups in total. The van der Waals surface area contributed by atoms with Crippen LogP contribution in [0.3, 0.4) is 0 Å². The molecular weight excluding hydrogens is 308 g/mol. The summed E-state index contributed by atoms with van der Waals surface area (Å²) in [5.41, 5.74) is 2.06. The maximum Gasteiger partial charge on any atom is 0.289 e. The van der Waals surface area contributed by atoms with Gasteiger partial charge in [0.05, 0.1) is 17.7 Å². The Morgan fingerprint density at radius 2 is 2.14 bits per heavy atom. The van der Waals surface area contributed by atoms with Crippen LogP contribution in [0.5, 0.6) is 5.75 Å². The summed E-state index contributed by atoms with van der Waals surface area (Å²) in [7, 11) is 3.38. The number of hydrogen-bond donors (Lipinski definition) is 1. The van der Waals surface area contributed by atoms with Gasteiger partial charge in [-0.3, -0.25) is 4.68 Å². The fraction of sp³-hybridized carbons (Fsp3) is 0.400. The first kappa shape index (κ1) is 16.8. The Balaban J connectivity index is 2.06. The lowest BCUT2D eigenvalue weighted by atomic mass is 10.1. The lowest BCUT2D eigenvalue weighted by molar-refractivity contribution is 0.251. The zero-order chi connectivity index (χ0) is 16.1. The van der Waals surface area contributed by atoms with E-state index in [0.717, 1.165) is 11.3 Å². The van der Waals surface area contributed by atoms with E-state index in [2.05, 4.69) is 10.4 Å². The van der Waals surface area contributed by atoms with Crippen molar-refractivity contribution >= 4 is 11.8 Å². The molecule has 4 nitrogen and oxygen atoms in total. The maximum absolute atomic E-state index is 12.5. The molecule has 0 bridgehead atoms. The molecule has 0 unspecified atom stereocenters. The number of nitrogens with one attached hydrogen (secondary N) is 1. The van der Waals surface area contributed by atoms with E-state index in [-0.39, 0.29) is 6.04 Å². The van der Waals surface area contributed by atoms with Gasteiger partial charge in [-0.05, 0) is 30.7 Å². The topological polar surface area (TPSA) is 39.1 Å². The van der Waals surface area contributed by atoms with Crippen LogP contribution >= 0.6 is 11.8 Å². The summed E-state index contributed by atoms with van der Waals surface area (Å²) >= 11 is 0.493. The van der Waals surface area contributed by atoms with Crippen molar-refractivity contribution in [1.29, 1.82) is 0 Å². The summed E-state index contributed by atoms with van der Waals surface area (Å²) in [6.07, 6.45) is 1.75. The van der Waals surface area contributed by atoms with Gasteiger partial charge in [0.1, 0.15) is 5.75 Å². The molecule has 0 aliphatic carbocycles. The number of alkyl halides is 2. The average Bonchev–Trinajstić information content (AvgIpc) is 2.90. The highest BCUT2D eigenvalue weighted by atomic mass is 32.2. The van der Waals surface area contributed by atoms with E-state index < -0.39 is 5.76 Å². The molecule has 120 valence electrons. The van der Waals surface area contributed by atoms with E-state index in [0.29, 0.717) is 29.0 Å². The Labute approximate surface area is 132 Å². The highest BCUT2D eigenvalue weighted by Gasteiger charge is 2.14. The van der Waals surface area contributed by atoms with E-state index in [1.807, 2.05) is 30.8 Å². The molecular formula is C15H19F2N3OS. The van der Waals surface area contributed by atoms with Gasteiger partial charge in [-0.25, -0.2) is 0 Å². The van der Waals surface area contributed by atoms with Crippen molar-refractivity contribution in [3.05, 3.63) is 41.7 Å². The zero-order valence-corrected chi connectivity index (χ0v) is 13.5. The zero-order valence-electron chi connectivity index (χ0n) is 12.7. The van der Waals surface area contributed by atoms with Crippen molar-refractivity contribution in [3.8, 4) is 5.75 Å². The Morgan fingerprint density at radius 3 is 2.73 bits per heavy atom. The number of benzene rings is 1. The quantitative estimate of drug-likeness (QED) is 0.789. The van der Waals surface area contributed by atoms with Gasteiger partial charge < -0.3 is 10.1 Å². The van der Waals surface area contributed by atoms with Gasteiger partial charge in [0, 0.05) is 25.8 Å². The Bertz CT molecular complexity index is 619. The number of halogens is 2. The molecule has 22 heavy (non-hydrogen) atoms. The van der Waals surface area contributed by atoms with Crippen molar-refractivity contribution in [1.82, 2.24) is 15.1 Å². The van der Waals surface area contributed by atoms with Gasteiger partial charge in [-0.2, -0.15) is 13.9 Å². The van der Waals surface area contributed by atoms with E-state index in [1.54, 1.807) is 18.3 Å². The van der Waals surface area contributed by atoms with Crippen LogP contribution in [-0.2, 0) is 13.6 Å². The third kappa shape index (κ3) is 4.20. The van der Waals surface area contributed by atoms with Gasteiger partial charge in [-0.1, -0.05) is 17.8 Å². The van der Waals surface area contributed by atoms with E-state index in [1.165, 1.54) is 7.11 Å². The predicted molar refractivity (Wildman–Crippen MR) is 83.3 cm³/mol. The van der Waals surface area contributed by atoms with E-state index in [9.17, 15) is 8.78 Å². The largest absolute Gasteiger partial charge is 0.496 e. The number of hydrogen-bond acceptors (Lipinski definition) is 4. The molecule has 0 radical (unpaired) electrons. The molecule has 0 amide bonds. The van der Waals surface area contributed by atoms with Crippen LogP contribution in [0.25, 0.3) is 0 Å². The van der Waals surface area contributed by atoms with Crippen LogP contribution in [-0.4, -0.2) is 22.6 Å². The number of methoxy groups -OCH3 is 1. The number of ether oxygens (including phenoxy) is 1. The minimum absolute atomic E-state index is 0.0643. The second-order valence-corrected chi connectivity index (χ2v) is 5.87. The molecule has 1 heterocycles. The van der Waals surface area contributed by atoms with Crippen molar-refractivity contribution < 1.29 is 13.5 Å². The van der Waals surface area contributed by atoms with Crippen LogP contribution in [0.2, 0.25) is 0 Å². The molecule has 0 aliphatic heterocycles. The molecule has 0 saturated heterocycles. The molecule has 2 rings (SSSR count). The lowest BCUT2D eigenvalue weighted by Crippen LogP contribution is -2.19. The second kappa shape index (κ2) is 7.60. The Morgan fingerprint density at radius 1 is 1.36 bits per heavy atom. The Hall–Kier alpha value is -1.60. The number of aromatic nitrogens is 2. The van der Waals surface area contributed by atoms with Crippen LogP contribution < -0.4 is 10.1 Å². The number of rotatable bonds is 7. The monoisotopic (exact) mass is 327 g/mol. The van der Waals surface area contributed by atoms with Gasteiger partial charge in [0.15, 0.2) is 0 Å². The fourth-order valence-electron chi connectivity index (χ4n) is 2.10. The highest BCUT2D eigenvalue weighted by Crippen LogP contribution is 2.35. The summed E-state index contributed by atoms with van der Waals surface area (Å²) in [5, 5.41) is 7.50. The molecule has 1 atom stereocenters. The predicted octanol–water partition coefficient (Wildman–Crippen LogP) is 3.59. The number of aryl methyl sites for hydroxylation is 1. The molecule has 2 aromatic rings. The van der Waals surface area contributed by atoms with Crippen molar-refractivity contribution in [3.63, 3.8) is 0 Å². The summed E-state index contributed by atoms with van der Waals surface area (Å²) in [5.74, 6) is -1.99. The number of nitrogens with zero attached hydrogens (tertiary/aromatic N) is 2. The first-order chi connectivity index (χ1) is 10.5. The first-order valence-electron chi connectivity index (χ1n) is 6.84. The maximum atomic E-state index is 12.5. The van der Waals surface area contributed by atoms with Gasteiger partial charge >= 0.3 is 0 Å². The molecule has 7 heteroatoms.